The van der Waals surface area contributed by atoms with E-state index in [1.165, 1.54) is 16.8 Å². The van der Waals surface area contributed by atoms with Crippen molar-refractivity contribution in [3.63, 3.8) is 0 Å². The number of pyridine rings is 1. The van der Waals surface area contributed by atoms with Crippen molar-refractivity contribution in [2.45, 2.75) is 31.6 Å². The van der Waals surface area contributed by atoms with Crippen LogP contribution in [0.4, 0.5) is 11.4 Å². The Morgan fingerprint density at radius 2 is 2.03 bits per heavy atom. The number of aromatic nitrogens is 1. The molecule has 0 aliphatic carbocycles. The van der Waals surface area contributed by atoms with Crippen LogP contribution in [0.3, 0.4) is 0 Å². The SMILES string of the molecule is CC1CN(c2ccc(C#N)c3ncccc23)CC2c3ccc(N4CCOCC(N)C4)cc3CN12. The second-order valence-corrected chi connectivity index (χ2v) is 9.75. The van der Waals surface area contributed by atoms with Crippen LogP contribution in [0.1, 0.15) is 29.7 Å². The van der Waals surface area contributed by atoms with Gasteiger partial charge in [-0.2, -0.15) is 5.26 Å². The molecule has 7 nitrogen and oxygen atoms in total. The van der Waals surface area contributed by atoms with E-state index in [9.17, 15) is 5.26 Å². The van der Waals surface area contributed by atoms with E-state index in [4.69, 9.17) is 10.5 Å². The van der Waals surface area contributed by atoms with Crippen molar-refractivity contribution < 1.29 is 4.74 Å². The molecule has 1 aromatic heterocycles. The lowest BCUT2D eigenvalue weighted by Crippen LogP contribution is -2.51. The van der Waals surface area contributed by atoms with Gasteiger partial charge in [0.25, 0.3) is 0 Å². The van der Waals surface area contributed by atoms with Crippen molar-refractivity contribution >= 4 is 22.3 Å². The number of rotatable bonds is 2. The molecule has 34 heavy (non-hydrogen) atoms. The van der Waals surface area contributed by atoms with Crippen LogP contribution in [0.25, 0.3) is 10.9 Å². The zero-order chi connectivity index (χ0) is 23.2. The lowest BCUT2D eigenvalue weighted by atomic mass is 9.99. The molecule has 0 amide bonds. The highest BCUT2D eigenvalue weighted by Gasteiger charge is 2.39. The Morgan fingerprint density at radius 1 is 1.12 bits per heavy atom. The van der Waals surface area contributed by atoms with Crippen LogP contribution in [0.15, 0.2) is 48.7 Å². The van der Waals surface area contributed by atoms with Gasteiger partial charge in [-0.3, -0.25) is 9.88 Å². The van der Waals surface area contributed by atoms with Gasteiger partial charge < -0.3 is 20.3 Å². The number of nitriles is 1. The number of benzene rings is 2. The summed E-state index contributed by atoms with van der Waals surface area (Å²) < 4.78 is 5.64. The highest BCUT2D eigenvalue weighted by atomic mass is 16.5. The molecule has 0 saturated carbocycles. The molecule has 3 aromatic rings. The maximum absolute atomic E-state index is 9.53. The van der Waals surface area contributed by atoms with Crippen LogP contribution in [0, 0.1) is 11.3 Å². The molecule has 2 N–H and O–H groups in total. The third-order valence-corrected chi connectivity index (χ3v) is 7.55. The summed E-state index contributed by atoms with van der Waals surface area (Å²) >= 11 is 0. The Kier molecular flexibility index (Phi) is 5.37. The monoisotopic (exact) mass is 454 g/mol. The second-order valence-electron chi connectivity index (χ2n) is 9.75. The Bertz CT molecular complexity index is 1270. The number of piperazine rings is 1. The van der Waals surface area contributed by atoms with Crippen LogP contribution >= 0.6 is 0 Å². The largest absolute Gasteiger partial charge is 0.378 e. The van der Waals surface area contributed by atoms with Gasteiger partial charge in [-0.1, -0.05) is 6.07 Å². The summed E-state index contributed by atoms with van der Waals surface area (Å²) in [5.41, 5.74) is 12.9. The summed E-state index contributed by atoms with van der Waals surface area (Å²) in [6.45, 7) is 8.24. The number of anilines is 2. The normalized spacial score (nSPS) is 25.0. The summed E-state index contributed by atoms with van der Waals surface area (Å²) in [5, 5.41) is 10.6. The first-order chi connectivity index (χ1) is 16.6. The second kappa shape index (κ2) is 8.55. The molecule has 2 fully saturated rings. The Labute approximate surface area is 200 Å². The number of hydrogen-bond donors (Lipinski definition) is 1. The number of nitrogens with zero attached hydrogens (tertiary/aromatic N) is 5. The predicted octanol–water partition coefficient (Wildman–Crippen LogP) is 3.04. The van der Waals surface area contributed by atoms with Gasteiger partial charge in [0.15, 0.2) is 0 Å². The molecule has 0 bridgehead atoms. The minimum absolute atomic E-state index is 0.0485. The predicted molar refractivity (Wildman–Crippen MR) is 134 cm³/mol. The van der Waals surface area contributed by atoms with E-state index in [-0.39, 0.29) is 6.04 Å². The summed E-state index contributed by atoms with van der Waals surface area (Å²) in [4.78, 5) is 12.0. The van der Waals surface area contributed by atoms with E-state index in [0.29, 0.717) is 24.3 Å². The first kappa shape index (κ1) is 21.4. The van der Waals surface area contributed by atoms with Crippen LogP contribution < -0.4 is 15.5 Å². The molecule has 6 rings (SSSR count). The fourth-order valence-corrected chi connectivity index (χ4v) is 5.90. The fourth-order valence-electron chi connectivity index (χ4n) is 5.90. The molecule has 3 unspecified atom stereocenters. The average Bonchev–Trinajstić information content (AvgIpc) is 3.09. The molecule has 0 spiro atoms. The maximum Gasteiger partial charge on any atom is 0.101 e. The number of nitrogens with two attached hydrogens (primary N) is 1. The molecule has 3 aliphatic heterocycles. The van der Waals surface area contributed by atoms with Gasteiger partial charge in [0.2, 0.25) is 0 Å². The van der Waals surface area contributed by atoms with E-state index in [0.717, 1.165) is 55.9 Å². The number of hydrogen-bond acceptors (Lipinski definition) is 7. The first-order valence-corrected chi connectivity index (χ1v) is 12.1. The summed E-state index contributed by atoms with van der Waals surface area (Å²) in [6.07, 6.45) is 1.77. The third-order valence-electron chi connectivity index (χ3n) is 7.55. The lowest BCUT2D eigenvalue weighted by molar-refractivity contribution is 0.134. The summed E-state index contributed by atoms with van der Waals surface area (Å²) in [5.74, 6) is 0. The van der Waals surface area contributed by atoms with Crippen LogP contribution in [0.5, 0.6) is 0 Å². The molecule has 7 heteroatoms. The van der Waals surface area contributed by atoms with E-state index in [1.807, 2.05) is 12.1 Å². The van der Waals surface area contributed by atoms with Crippen molar-refractivity contribution in [2.24, 2.45) is 5.73 Å². The van der Waals surface area contributed by atoms with Crippen molar-refractivity contribution in [2.75, 3.05) is 49.2 Å². The van der Waals surface area contributed by atoms with Gasteiger partial charge in [0, 0.05) is 67.8 Å². The van der Waals surface area contributed by atoms with E-state index in [1.54, 1.807) is 6.20 Å². The van der Waals surface area contributed by atoms with E-state index < -0.39 is 0 Å². The van der Waals surface area contributed by atoms with Crippen molar-refractivity contribution in [3.8, 4) is 6.07 Å². The van der Waals surface area contributed by atoms with E-state index >= 15 is 0 Å². The first-order valence-electron chi connectivity index (χ1n) is 12.1. The van der Waals surface area contributed by atoms with Crippen LogP contribution in [-0.2, 0) is 11.3 Å². The summed E-state index contributed by atoms with van der Waals surface area (Å²) in [6, 6.07) is 18.1. The van der Waals surface area contributed by atoms with Gasteiger partial charge in [0.05, 0.1) is 30.3 Å². The molecular formula is C27H30N6O. The standard InChI is InChI=1S/C27H30N6O/c1-18-13-32(25-7-4-19(12-28)27-24(25)3-2-8-30-27)16-26-23-6-5-22(11-20(23)14-33(18)26)31-9-10-34-17-21(29)15-31/h2-8,11,18,21,26H,9-10,13-17,29H2,1H3. The molecule has 4 heterocycles. The Balaban J connectivity index is 1.31. The zero-order valence-corrected chi connectivity index (χ0v) is 19.5. The average molecular weight is 455 g/mol. The van der Waals surface area contributed by atoms with Crippen molar-refractivity contribution in [3.05, 3.63) is 65.4 Å². The molecular weight excluding hydrogens is 424 g/mol. The molecule has 2 saturated heterocycles. The minimum atomic E-state index is 0.0485. The summed E-state index contributed by atoms with van der Waals surface area (Å²) in [7, 11) is 0. The molecule has 3 aliphatic rings. The number of ether oxygens (including phenoxy) is 1. The molecule has 3 atom stereocenters. The van der Waals surface area contributed by atoms with E-state index in [2.05, 4.69) is 63.0 Å². The van der Waals surface area contributed by atoms with Gasteiger partial charge in [-0.05, 0) is 54.4 Å². The van der Waals surface area contributed by atoms with Crippen LogP contribution in [-0.4, -0.2) is 61.4 Å². The van der Waals surface area contributed by atoms with Gasteiger partial charge >= 0.3 is 0 Å². The Morgan fingerprint density at radius 3 is 2.91 bits per heavy atom. The van der Waals surface area contributed by atoms with Crippen molar-refractivity contribution in [1.29, 1.82) is 5.26 Å². The lowest BCUT2D eigenvalue weighted by Gasteiger charge is -2.43. The van der Waals surface area contributed by atoms with Crippen LogP contribution in [0.2, 0.25) is 0 Å². The minimum Gasteiger partial charge on any atom is -0.378 e. The highest BCUT2D eigenvalue weighted by molar-refractivity contribution is 5.95. The Hall–Kier alpha value is -3.18. The maximum atomic E-state index is 9.53. The molecule has 2 aromatic carbocycles. The molecule has 0 radical (unpaired) electrons. The number of fused-ring (bicyclic) bond motifs is 4. The fraction of sp³-hybridized carbons (Fsp3) is 0.407. The zero-order valence-electron chi connectivity index (χ0n) is 19.5. The molecule has 174 valence electrons. The smallest absolute Gasteiger partial charge is 0.101 e. The van der Waals surface area contributed by atoms with Crippen molar-refractivity contribution in [1.82, 2.24) is 9.88 Å². The topological polar surface area (TPSA) is 81.6 Å². The van der Waals surface area contributed by atoms with Gasteiger partial charge in [-0.15, -0.1) is 0 Å². The van der Waals surface area contributed by atoms with Gasteiger partial charge in [0.1, 0.15) is 6.07 Å². The highest BCUT2D eigenvalue weighted by Crippen LogP contribution is 2.42. The third kappa shape index (κ3) is 3.59. The quantitative estimate of drug-likeness (QED) is 0.637. The van der Waals surface area contributed by atoms with Gasteiger partial charge in [-0.25, -0.2) is 0 Å².